The second-order valence-electron chi connectivity index (χ2n) is 5.57. The Hall–Kier alpha value is -3.59. The molecule has 0 bridgehead atoms. The molecule has 0 spiro atoms. The number of hydrogen-bond donors (Lipinski definition) is 3. The van der Waals surface area contributed by atoms with Gasteiger partial charge in [-0.25, -0.2) is 0 Å². The predicted octanol–water partition coefficient (Wildman–Crippen LogP) is 2.49. The zero-order valence-electron chi connectivity index (χ0n) is 14.1. The van der Waals surface area contributed by atoms with Crippen LogP contribution in [0.1, 0.15) is 11.1 Å². The van der Waals surface area contributed by atoms with E-state index in [1.165, 1.54) is 6.20 Å². The molecule has 26 heavy (non-hydrogen) atoms. The molecule has 0 aliphatic carbocycles. The Labute approximate surface area is 151 Å². The number of carbonyl (C=O) groups excluding carboxylic acids is 1. The maximum Gasteiger partial charge on any atom is 0.307 e. The number of amides is 1. The van der Waals surface area contributed by atoms with Crippen molar-refractivity contribution in [2.24, 2.45) is 0 Å². The van der Waals surface area contributed by atoms with Crippen LogP contribution in [0.15, 0.2) is 66.4 Å². The van der Waals surface area contributed by atoms with E-state index in [4.69, 9.17) is 10.4 Å². The molecule has 0 fully saturated rings. The zero-order chi connectivity index (χ0) is 18.8. The first-order chi connectivity index (χ1) is 12.6. The van der Waals surface area contributed by atoms with Crippen LogP contribution < -0.4 is 10.6 Å². The molecular formula is C20H19N3O3. The van der Waals surface area contributed by atoms with Gasteiger partial charge in [0.1, 0.15) is 11.6 Å². The molecule has 0 heterocycles. The lowest BCUT2D eigenvalue weighted by Gasteiger charge is -2.06. The molecule has 1 amide bonds. The van der Waals surface area contributed by atoms with Gasteiger partial charge in [0.2, 0.25) is 0 Å². The third-order valence-corrected chi connectivity index (χ3v) is 3.60. The van der Waals surface area contributed by atoms with Crippen LogP contribution in [0.2, 0.25) is 0 Å². The van der Waals surface area contributed by atoms with Crippen LogP contribution in [-0.4, -0.2) is 23.5 Å². The summed E-state index contributed by atoms with van der Waals surface area (Å²) in [7, 11) is 0. The molecular weight excluding hydrogens is 330 g/mol. The molecule has 2 aromatic rings. The Kier molecular flexibility index (Phi) is 6.95. The van der Waals surface area contributed by atoms with Crippen LogP contribution >= 0.6 is 0 Å². The molecule has 0 aromatic heterocycles. The van der Waals surface area contributed by atoms with E-state index in [0.717, 1.165) is 5.56 Å². The van der Waals surface area contributed by atoms with Gasteiger partial charge >= 0.3 is 5.97 Å². The molecule has 0 aliphatic rings. The number of anilines is 1. The summed E-state index contributed by atoms with van der Waals surface area (Å²) in [4.78, 5) is 22.7. The minimum absolute atomic E-state index is 0.0346. The van der Waals surface area contributed by atoms with Gasteiger partial charge in [-0.3, -0.25) is 9.59 Å². The van der Waals surface area contributed by atoms with E-state index in [1.807, 2.05) is 36.4 Å². The second-order valence-corrected chi connectivity index (χ2v) is 5.57. The van der Waals surface area contributed by atoms with Crippen molar-refractivity contribution in [2.75, 3.05) is 11.9 Å². The summed E-state index contributed by atoms with van der Waals surface area (Å²) < 4.78 is 0. The molecule has 0 radical (unpaired) electrons. The lowest BCUT2D eigenvalue weighted by molar-refractivity contribution is -0.136. The zero-order valence-corrected chi connectivity index (χ0v) is 14.1. The molecule has 0 aliphatic heterocycles. The molecule has 2 aromatic carbocycles. The average molecular weight is 349 g/mol. The normalized spacial score (nSPS) is 10.7. The van der Waals surface area contributed by atoms with Crippen molar-refractivity contribution >= 4 is 17.6 Å². The highest BCUT2D eigenvalue weighted by molar-refractivity contribution is 5.97. The van der Waals surface area contributed by atoms with Gasteiger partial charge in [0, 0.05) is 18.4 Å². The highest BCUT2D eigenvalue weighted by Crippen LogP contribution is 2.11. The molecule has 3 N–H and O–H groups in total. The Morgan fingerprint density at radius 2 is 1.73 bits per heavy atom. The predicted molar refractivity (Wildman–Crippen MR) is 98.3 cm³/mol. The number of carbonyl (C=O) groups is 2. The highest BCUT2D eigenvalue weighted by atomic mass is 16.4. The van der Waals surface area contributed by atoms with Crippen LogP contribution in [0.3, 0.4) is 0 Å². The van der Waals surface area contributed by atoms with Gasteiger partial charge in [0.15, 0.2) is 0 Å². The van der Waals surface area contributed by atoms with Crippen LogP contribution in [0, 0.1) is 11.3 Å². The van der Waals surface area contributed by atoms with Gasteiger partial charge in [-0.2, -0.15) is 5.26 Å². The smallest absolute Gasteiger partial charge is 0.307 e. The van der Waals surface area contributed by atoms with Gasteiger partial charge < -0.3 is 15.7 Å². The lowest BCUT2D eigenvalue weighted by atomic mass is 10.1. The third-order valence-electron chi connectivity index (χ3n) is 3.60. The van der Waals surface area contributed by atoms with Crippen molar-refractivity contribution in [3.8, 4) is 6.07 Å². The molecule has 2 rings (SSSR count). The van der Waals surface area contributed by atoms with E-state index in [1.54, 1.807) is 24.3 Å². The summed E-state index contributed by atoms with van der Waals surface area (Å²) in [5.41, 5.74) is 2.40. The first kappa shape index (κ1) is 18.7. The number of carboxylic acids is 1. The lowest BCUT2D eigenvalue weighted by Crippen LogP contribution is -2.27. The maximum atomic E-state index is 12.1. The van der Waals surface area contributed by atoms with E-state index < -0.39 is 11.9 Å². The summed E-state index contributed by atoms with van der Waals surface area (Å²) in [6, 6.07) is 18.4. The number of nitrogens with one attached hydrogen (secondary N) is 2. The number of nitriles is 1. The summed E-state index contributed by atoms with van der Waals surface area (Å²) in [5.74, 6) is -1.34. The average Bonchev–Trinajstić information content (AvgIpc) is 2.64. The largest absolute Gasteiger partial charge is 0.481 e. The molecule has 132 valence electrons. The number of aliphatic carboxylic acids is 1. The van der Waals surface area contributed by atoms with Gasteiger partial charge in [-0.05, 0) is 29.7 Å². The Balaban J connectivity index is 1.87. The standard InChI is InChI=1S/C20H19N3O3/c21-13-17(20(26)22-11-10-15-4-2-1-3-5-15)14-23-18-8-6-16(7-9-18)12-19(24)25/h1-9,14,23H,10-12H2,(H,22,26)(H,24,25)/b17-14-. The maximum absolute atomic E-state index is 12.1. The monoisotopic (exact) mass is 349 g/mol. The Morgan fingerprint density at radius 3 is 2.35 bits per heavy atom. The minimum atomic E-state index is -0.899. The summed E-state index contributed by atoms with van der Waals surface area (Å²) in [6.45, 7) is 0.436. The van der Waals surface area contributed by atoms with Crippen LogP contribution in [-0.2, 0) is 22.4 Å². The fourth-order valence-corrected chi connectivity index (χ4v) is 2.26. The number of rotatable bonds is 8. The van der Waals surface area contributed by atoms with Crippen molar-refractivity contribution < 1.29 is 14.7 Å². The molecule has 0 atom stereocenters. The van der Waals surface area contributed by atoms with Crippen LogP contribution in [0.25, 0.3) is 0 Å². The van der Waals surface area contributed by atoms with Gasteiger partial charge in [-0.1, -0.05) is 42.5 Å². The molecule has 6 nitrogen and oxygen atoms in total. The Bertz CT molecular complexity index is 822. The second kappa shape index (κ2) is 9.64. The first-order valence-electron chi connectivity index (χ1n) is 8.08. The fourth-order valence-electron chi connectivity index (χ4n) is 2.26. The van der Waals surface area contributed by atoms with Gasteiger partial charge in [0.25, 0.3) is 5.91 Å². The van der Waals surface area contributed by atoms with E-state index in [-0.39, 0.29) is 12.0 Å². The first-order valence-corrected chi connectivity index (χ1v) is 8.08. The number of nitrogens with zero attached hydrogens (tertiary/aromatic N) is 1. The fraction of sp³-hybridized carbons (Fsp3) is 0.150. The van der Waals surface area contributed by atoms with Crippen LogP contribution in [0.4, 0.5) is 5.69 Å². The topological polar surface area (TPSA) is 102 Å². The van der Waals surface area contributed by atoms with E-state index in [9.17, 15) is 9.59 Å². The van der Waals surface area contributed by atoms with E-state index >= 15 is 0 Å². The van der Waals surface area contributed by atoms with E-state index in [0.29, 0.717) is 24.2 Å². The molecule has 0 saturated carbocycles. The van der Waals surface area contributed by atoms with Crippen molar-refractivity contribution in [3.63, 3.8) is 0 Å². The minimum Gasteiger partial charge on any atom is -0.481 e. The summed E-state index contributed by atoms with van der Waals surface area (Å²) >= 11 is 0. The number of hydrogen-bond acceptors (Lipinski definition) is 4. The van der Waals surface area contributed by atoms with Gasteiger partial charge in [0.05, 0.1) is 6.42 Å². The molecule has 6 heteroatoms. The molecule has 0 saturated heterocycles. The SMILES string of the molecule is N#C/C(=C/Nc1ccc(CC(=O)O)cc1)C(=O)NCCc1ccccc1. The third kappa shape index (κ3) is 6.13. The van der Waals surface area contributed by atoms with Crippen LogP contribution in [0.5, 0.6) is 0 Å². The number of benzene rings is 2. The van der Waals surface area contributed by atoms with Gasteiger partial charge in [-0.15, -0.1) is 0 Å². The highest BCUT2D eigenvalue weighted by Gasteiger charge is 2.08. The van der Waals surface area contributed by atoms with Crippen molar-refractivity contribution in [1.82, 2.24) is 5.32 Å². The summed E-state index contributed by atoms with van der Waals surface area (Å²) in [5, 5.41) is 23.5. The summed E-state index contributed by atoms with van der Waals surface area (Å²) in [6.07, 6.45) is 1.97. The molecule has 0 unspecified atom stereocenters. The van der Waals surface area contributed by atoms with Crippen molar-refractivity contribution in [1.29, 1.82) is 5.26 Å². The van der Waals surface area contributed by atoms with Crippen molar-refractivity contribution in [2.45, 2.75) is 12.8 Å². The van der Waals surface area contributed by atoms with E-state index in [2.05, 4.69) is 10.6 Å². The number of carboxylic acid groups (broad SMARTS) is 1. The van der Waals surface area contributed by atoms with Crippen molar-refractivity contribution in [3.05, 3.63) is 77.5 Å². The quantitative estimate of drug-likeness (QED) is 0.502. The Morgan fingerprint density at radius 1 is 1.04 bits per heavy atom.